The minimum absolute atomic E-state index is 0.00771. The first-order valence-electron chi connectivity index (χ1n) is 6.62. The molecule has 0 aliphatic heterocycles. The standard InChI is InChI=1S/C15H19N3OS/c1-12(2)18-14(8-9-16-18)17-15(19)11-20-10-13-6-4-3-5-7-13/h3-9,12H,10-11H2,1-2H3,(H,17,19). The molecule has 0 atom stereocenters. The number of carbonyl (C=O) groups excluding carboxylic acids is 1. The second-order valence-corrected chi connectivity index (χ2v) is 5.77. The number of nitrogens with zero attached hydrogens (tertiary/aromatic N) is 2. The van der Waals surface area contributed by atoms with Crippen LogP contribution in [-0.2, 0) is 10.5 Å². The fourth-order valence-corrected chi connectivity index (χ4v) is 2.63. The minimum Gasteiger partial charge on any atom is -0.310 e. The third-order valence-corrected chi connectivity index (χ3v) is 3.78. The van der Waals surface area contributed by atoms with Crippen molar-refractivity contribution in [1.29, 1.82) is 0 Å². The molecule has 0 saturated carbocycles. The maximum atomic E-state index is 11.9. The van der Waals surface area contributed by atoms with Gasteiger partial charge in [-0.05, 0) is 19.4 Å². The van der Waals surface area contributed by atoms with Crippen molar-refractivity contribution in [2.24, 2.45) is 0 Å². The van der Waals surface area contributed by atoms with Gasteiger partial charge in [-0.2, -0.15) is 5.10 Å². The SMILES string of the molecule is CC(C)n1nccc1NC(=O)CSCc1ccccc1. The van der Waals surface area contributed by atoms with Crippen LogP contribution in [0.2, 0.25) is 0 Å². The zero-order valence-corrected chi connectivity index (χ0v) is 12.6. The quantitative estimate of drug-likeness (QED) is 0.887. The predicted octanol–water partition coefficient (Wildman–Crippen LogP) is 3.34. The van der Waals surface area contributed by atoms with E-state index in [0.717, 1.165) is 11.6 Å². The number of rotatable bonds is 6. The number of hydrogen-bond donors (Lipinski definition) is 1. The highest BCUT2D eigenvalue weighted by atomic mass is 32.2. The summed E-state index contributed by atoms with van der Waals surface area (Å²) in [5.74, 6) is 2.05. The fraction of sp³-hybridized carbons (Fsp3) is 0.333. The smallest absolute Gasteiger partial charge is 0.235 e. The van der Waals surface area contributed by atoms with Gasteiger partial charge in [-0.1, -0.05) is 30.3 Å². The Morgan fingerprint density at radius 2 is 2.05 bits per heavy atom. The monoisotopic (exact) mass is 289 g/mol. The van der Waals surface area contributed by atoms with Gasteiger partial charge >= 0.3 is 0 Å². The molecule has 2 aromatic rings. The molecule has 4 nitrogen and oxygen atoms in total. The summed E-state index contributed by atoms with van der Waals surface area (Å²) >= 11 is 1.61. The summed E-state index contributed by atoms with van der Waals surface area (Å²) in [5, 5.41) is 7.09. The van der Waals surface area contributed by atoms with Crippen molar-refractivity contribution in [3.63, 3.8) is 0 Å². The second-order valence-electron chi connectivity index (χ2n) is 4.78. The van der Waals surface area contributed by atoms with Gasteiger partial charge in [0.2, 0.25) is 5.91 Å². The van der Waals surface area contributed by atoms with Crippen molar-refractivity contribution in [2.45, 2.75) is 25.6 Å². The number of anilines is 1. The van der Waals surface area contributed by atoms with Crippen LogP contribution in [0.1, 0.15) is 25.5 Å². The molecule has 0 aliphatic rings. The fourth-order valence-electron chi connectivity index (χ4n) is 1.84. The summed E-state index contributed by atoms with van der Waals surface area (Å²) < 4.78 is 1.81. The summed E-state index contributed by atoms with van der Waals surface area (Å²) in [4.78, 5) is 11.9. The van der Waals surface area contributed by atoms with E-state index in [1.807, 2.05) is 38.1 Å². The van der Waals surface area contributed by atoms with Crippen molar-refractivity contribution < 1.29 is 4.79 Å². The Hall–Kier alpha value is -1.75. The Morgan fingerprint density at radius 3 is 2.75 bits per heavy atom. The highest BCUT2D eigenvalue weighted by molar-refractivity contribution is 7.99. The Balaban J connectivity index is 1.79. The lowest BCUT2D eigenvalue weighted by Crippen LogP contribution is -2.18. The van der Waals surface area contributed by atoms with Crippen LogP contribution in [-0.4, -0.2) is 21.4 Å². The van der Waals surface area contributed by atoms with E-state index in [1.165, 1.54) is 5.56 Å². The lowest BCUT2D eigenvalue weighted by atomic mass is 10.2. The maximum absolute atomic E-state index is 11.9. The first-order valence-corrected chi connectivity index (χ1v) is 7.77. The number of thioether (sulfide) groups is 1. The summed E-state index contributed by atoms with van der Waals surface area (Å²) in [7, 11) is 0. The molecule has 5 heteroatoms. The van der Waals surface area contributed by atoms with E-state index in [0.29, 0.717) is 5.75 Å². The molecule has 20 heavy (non-hydrogen) atoms. The topological polar surface area (TPSA) is 46.9 Å². The van der Waals surface area contributed by atoms with Crippen molar-refractivity contribution in [3.8, 4) is 0 Å². The van der Waals surface area contributed by atoms with E-state index in [-0.39, 0.29) is 11.9 Å². The van der Waals surface area contributed by atoms with E-state index in [4.69, 9.17) is 0 Å². The Labute approximate surface area is 123 Å². The Bertz CT molecular complexity index is 551. The first kappa shape index (κ1) is 14.7. The van der Waals surface area contributed by atoms with Crippen LogP contribution in [0.5, 0.6) is 0 Å². The van der Waals surface area contributed by atoms with Gasteiger partial charge in [-0.3, -0.25) is 4.79 Å². The lowest BCUT2D eigenvalue weighted by Gasteiger charge is -2.11. The molecule has 0 bridgehead atoms. The average molecular weight is 289 g/mol. The number of hydrogen-bond acceptors (Lipinski definition) is 3. The predicted molar refractivity (Wildman–Crippen MR) is 83.8 cm³/mol. The van der Waals surface area contributed by atoms with Gasteiger partial charge in [0.25, 0.3) is 0 Å². The van der Waals surface area contributed by atoms with Crippen molar-refractivity contribution in [3.05, 3.63) is 48.2 Å². The first-order chi connectivity index (χ1) is 9.66. The van der Waals surface area contributed by atoms with Gasteiger partial charge in [0.05, 0.1) is 11.9 Å². The van der Waals surface area contributed by atoms with E-state index in [2.05, 4.69) is 22.5 Å². The normalized spacial score (nSPS) is 10.8. The molecule has 0 fully saturated rings. The summed E-state index contributed by atoms with van der Waals surface area (Å²) in [6.45, 7) is 4.07. The zero-order valence-electron chi connectivity index (χ0n) is 11.7. The minimum atomic E-state index is 0.00771. The molecule has 2 rings (SSSR count). The van der Waals surface area contributed by atoms with Crippen molar-refractivity contribution in [2.75, 3.05) is 11.1 Å². The number of amides is 1. The van der Waals surface area contributed by atoms with Crippen LogP contribution in [0.25, 0.3) is 0 Å². The third kappa shape index (κ3) is 4.13. The van der Waals surface area contributed by atoms with E-state index in [9.17, 15) is 4.79 Å². The molecule has 0 saturated heterocycles. The van der Waals surface area contributed by atoms with Crippen LogP contribution in [0, 0.1) is 0 Å². The highest BCUT2D eigenvalue weighted by Gasteiger charge is 2.09. The van der Waals surface area contributed by atoms with E-state index >= 15 is 0 Å². The molecular weight excluding hydrogens is 270 g/mol. The number of benzene rings is 1. The van der Waals surface area contributed by atoms with Crippen molar-refractivity contribution in [1.82, 2.24) is 9.78 Å². The molecule has 0 spiro atoms. The summed E-state index contributed by atoms with van der Waals surface area (Å²) in [6, 6.07) is 12.2. The molecule has 1 N–H and O–H groups in total. The number of nitrogens with one attached hydrogen (secondary N) is 1. The Kier molecular flexibility index (Phi) is 5.24. The molecule has 106 valence electrons. The van der Waals surface area contributed by atoms with Gasteiger partial charge in [-0.25, -0.2) is 4.68 Å². The lowest BCUT2D eigenvalue weighted by molar-refractivity contribution is -0.113. The molecule has 0 radical (unpaired) electrons. The van der Waals surface area contributed by atoms with Gasteiger partial charge in [0.15, 0.2) is 0 Å². The summed E-state index contributed by atoms with van der Waals surface area (Å²) in [6.07, 6.45) is 1.70. The average Bonchev–Trinajstić information content (AvgIpc) is 2.88. The van der Waals surface area contributed by atoms with Gasteiger partial charge < -0.3 is 5.32 Å². The third-order valence-electron chi connectivity index (χ3n) is 2.77. The maximum Gasteiger partial charge on any atom is 0.235 e. The number of aromatic nitrogens is 2. The van der Waals surface area contributed by atoms with Crippen LogP contribution in [0.3, 0.4) is 0 Å². The molecule has 0 aliphatic carbocycles. The zero-order chi connectivity index (χ0) is 14.4. The molecule has 1 amide bonds. The van der Waals surface area contributed by atoms with Gasteiger partial charge in [-0.15, -0.1) is 11.8 Å². The summed E-state index contributed by atoms with van der Waals surface area (Å²) in [5.41, 5.74) is 1.23. The molecule has 1 aromatic heterocycles. The van der Waals surface area contributed by atoms with Crippen LogP contribution in [0.4, 0.5) is 5.82 Å². The van der Waals surface area contributed by atoms with Crippen LogP contribution in [0.15, 0.2) is 42.6 Å². The van der Waals surface area contributed by atoms with Crippen molar-refractivity contribution >= 4 is 23.5 Å². The van der Waals surface area contributed by atoms with E-state index < -0.39 is 0 Å². The van der Waals surface area contributed by atoms with Crippen LogP contribution < -0.4 is 5.32 Å². The number of carbonyl (C=O) groups is 1. The molecule has 0 unspecified atom stereocenters. The Morgan fingerprint density at radius 1 is 1.30 bits per heavy atom. The van der Waals surface area contributed by atoms with Crippen LogP contribution >= 0.6 is 11.8 Å². The molecule has 1 aromatic carbocycles. The van der Waals surface area contributed by atoms with E-state index in [1.54, 1.807) is 22.6 Å². The molecule has 1 heterocycles. The second kappa shape index (κ2) is 7.14. The van der Waals surface area contributed by atoms with Gasteiger partial charge in [0, 0.05) is 17.9 Å². The highest BCUT2D eigenvalue weighted by Crippen LogP contribution is 2.15. The van der Waals surface area contributed by atoms with Gasteiger partial charge in [0.1, 0.15) is 5.82 Å². The largest absolute Gasteiger partial charge is 0.310 e. The molecular formula is C15H19N3OS.